The topological polar surface area (TPSA) is 58.4 Å². The lowest BCUT2D eigenvalue weighted by molar-refractivity contribution is 0.0724. The van der Waals surface area contributed by atoms with Crippen molar-refractivity contribution in [2.75, 3.05) is 19.7 Å². The van der Waals surface area contributed by atoms with Crippen LogP contribution in [0, 0.1) is 0 Å². The highest BCUT2D eigenvalue weighted by Crippen LogP contribution is 2.25. The monoisotopic (exact) mass is 337 g/mol. The number of aliphatic hydroxyl groups is 1. The van der Waals surface area contributed by atoms with Crippen LogP contribution in [0.1, 0.15) is 42.5 Å². The smallest absolute Gasteiger partial charge is 0.255 e. The van der Waals surface area contributed by atoms with Gasteiger partial charge in [-0.1, -0.05) is 6.08 Å². The molecule has 0 saturated carbocycles. The molecule has 4 rings (SSSR count). The van der Waals surface area contributed by atoms with Gasteiger partial charge in [-0.05, 0) is 55.9 Å². The molecule has 0 aromatic carbocycles. The number of likely N-dealkylation sites (tertiary alicyclic amines) is 1. The second-order valence-corrected chi connectivity index (χ2v) is 6.80. The molecule has 1 amide bonds. The van der Waals surface area contributed by atoms with Crippen molar-refractivity contribution in [3.63, 3.8) is 0 Å². The van der Waals surface area contributed by atoms with Gasteiger partial charge in [-0.3, -0.25) is 4.79 Å². The Hall–Kier alpha value is -2.40. The molecule has 5 heteroatoms. The summed E-state index contributed by atoms with van der Waals surface area (Å²) in [5, 5.41) is 10.3. The lowest BCUT2D eigenvalue weighted by Gasteiger charge is -2.26. The molecule has 1 fully saturated rings. The van der Waals surface area contributed by atoms with E-state index in [9.17, 15) is 9.90 Å². The maximum atomic E-state index is 12.7. The van der Waals surface area contributed by atoms with Crippen LogP contribution in [-0.2, 0) is 0 Å². The minimum Gasteiger partial charge on any atom is -0.392 e. The second-order valence-electron chi connectivity index (χ2n) is 6.80. The molecule has 2 aliphatic rings. The number of rotatable bonds is 3. The summed E-state index contributed by atoms with van der Waals surface area (Å²) in [5.41, 5.74) is 3.58. The molecule has 130 valence electrons. The number of fused-ring (bicyclic) bond motifs is 1. The van der Waals surface area contributed by atoms with Gasteiger partial charge in [-0.2, -0.15) is 0 Å². The van der Waals surface area contributed by atoms with Crippen molar-refractivity contribution in [3.05, 3.63) is 47.8 Å². The third-order valence-electron chi connectivity index (χ3n) is 5.07. The fraction of sp³-hybridized carbons (Fsp3) is 0.400. The van der Waals surface area contributed by atoms with Crippen molar-refractivity contribution in [2.45, 2.75) is 32.1 Å². The van der Waals surface area contributed by atoms with E-state index < -0.39 is 0 Å². The zero-order chi connectivity index (χ0) is 17.2. The van der Waals surface area contributed by atoms with Gasteiger partial charge in [0.05, 0.1) is 12.2 Å². The van der Waals surface area contributed by atoms with Gasteiger partial charge in [-0.15, -0.1) is 0 Å². The average Bonchev–Trinajstić information content (AvgIpc) is 3.11. The molecule has 1 N–H and O–H groups in total. The minimum atomic E-state index is 0.0844. The van der Waals surface area contributed by atoms with Crippen LogP contribution in [0.25, 0.3) is 16.7 Å². The number of allylic oxidation sites excluding steroid dienone is 3. The highest BCUT2D eigenvalue weighted by molar-refractivity contribution is 5.97. The summed E-state index contributed by atoms with van der Waals surface area (Å²) in [4.78, 5) is 19.2. The fourth-order valence-corrected chi connectivity index (χ4v) is 3.67. The van der Waals surface area contributed by atoms with E-state index in [1.807, 2.05) is 33.9 Å². The molecule has 0 unspecified atom stereocenters. The Balaban J connectivity index is 1.64. The maximum Gasteiger partial charge on any atom is 0.255 e. The van der Waals surface area contributed by atoms with Crippen LogP contribution in [0.15, 0.2) is 42.3 Å². The first-order valence-electron chi connectivity index (χ1n) is 9.03. The summed E-state index contributed by atoms with van der Waals surface area (Å²) in [6.45, 7) is 1.79. The number of amides is 1. The van der Waals surface area contributed by atoms with Gasteiger partial charge in [0.1, 0.15) is 5.65 Å². The van der Waals surface area contributed by atoms with Gasteiger partial charge in [0.25, 0.3) is 5.91 Å². The molecule has 0 atom stereocenters. The highest BCUT2D eigenvalue weighted by Gasteiger charge is 2.19. The van der Waals surface area contributed by atoms with Crippen molar-refractivity contribution in [2.24, 2.45) is 0 Å². The van der Waals surface area contributed by atoms with Crippen molar-refractivity contribution in [1.82, 2.24) is 14.5 Å². The number of aliphatic hydroxyl groups excluding tert-OH is 1. The Morgan fingerprint density at radius 1 is 1.24 bits per heavy atom. The molecule has 5 nitrogen and oxygen atoms in total. The van der Waals surface area contributed by atoms with E-state index in [1.165, 1.54) is 6.42 Å². The van der Waals surface area contributed by atoms with E-state index in [0.29, 0.717) is 5.56 Å². The average molecular weight is 337 g/mol. The summed E-state index contributed by atoms with van der Waals surface area (Å²) in [5.74, 6) is 0.0844. The summed E-state index contributed by atoms with van der Waals surface area (Å²) in [6.07, 6.45) is 13.1. The summed E-state index contributed by atoms with van der Waals surface area (Å²) < 4.78 is 2.03. The van der Waals surface area contributed by atoms with E-state index in [0.717, 1.165) is 61.1 Å². The van der Waals surface area contributed by atoms with Crippen LogP contribution >= 0.6 is 0 Å². The first kappa shape index (κ1) is 16.1. The van der Waals surface area contributed by atoms with Crippen molar-refractivity contribution < 1.29 is 9.90 Å². The summed E-state index contributed by atoms with van der Waals surface area (Å²) in [6, 6.07) is 3.94. The number of hydrogen-bond donors (Lipinski definition) is 1. The lowest BCUT2D eigenvalue weighted by atomic mass is 10.0. The summed E-state index contributed by atoms with van der Waals surface area (Å²) in [7, 11) is 0. The number of carbonyl (C=O) groups is 1. The van der Waals surface area contributed by atoms with Crippen molar-refractivity contribution in [1.29, 1.82) is 0 Å². The molecule has 1 aliphatic heterocycles. The quantitative estimate of drug-likeness (QED) is 0.935. The number of pyridine rings is 1. The number of piperidine rings is 1. The highest BCUT2D eigenvalue weighted by atomic mass is 16.3. The Labute approximate surface area is 147 Å². The molecule has 25 heavy (non-hydrogen) atoms. The van der Waals surface area contributed by atoms with Gasteiger partial charge in [0.15, 0.2) is 0 Å². The fourth-order valence-electron chi connectivity index (χ4n) is 3.67. The van der Waals surface area contributed by atoms with E-state index in [2.05, 4.69) is 11.1 Å². The van der Waals surface area contributed by atoms with E-state index in [1.54, 1.807) is 6.20 Å². The van der Waals surface area contributed by atoms with Crippen LogP contribution in [-0.4, -0.2) is 45.2 Å². The Kier molecular flexibility index (Phi) is 4.40. The maximum absolute atomic E-state index is 12.7. The standard InChI is InChI=1S/C20H23N3O2/c24-14-15-5-4-6-18(11-15)23-10-7-16-12-17(13-21-19(16)23)20(25)22-8-2-1-3-9-22/h6-7,10-13,24H,1-5,8-9,14H2. The number of carbonyl (C=O) groups excluding carboxylic acids is 1. The molecule has 2 aromatic heterocycles. The van der Waals surface area contributed by atoms with Crippen LogP contribution in [0.4, 0.5) is 0 Å². The van der Waals surface area contributed by atoms with E-state index >= 15 is 0 Å². The third-order valence-corrected chi connectivity index (χ3v) is 5.07. The number of nitrogens with zero attached hydrogens (tertiary/aromatic N) is 3. The predicted molar refractivity (Wildman–Crippen MR) is 98.2 cm³/mol. The molecule has 3 heterocycles. The minimum absolute atomic E-state index is 0.0844. The Morgan fingerprint density at radius 3 is 2.88 bits per heavy atom. The molecular weight excluding hydrogens is 314 g/mol. The molecule has 1 saturated heterocycles. The molecule has 0 bridgehead atoms. The van der Waals surface area contributed by atoms with Gasteiger partial charge >= 0.3 is 0 Å². The molecule has 0 radical (unpaired) electrons. The molecule has 0 spiro atoms. The largest absolute Gasteiger partial charge is 0.392 e. The van der Waals surface area contributed by atoms with E-state index in [-0.39, 0.29) is 12.5 Å². The lowest BCUT2D eigenvalue weighted by Crippen LogP contribution is -2.35. The normalized spacial score (nSPS) is 18.2. The first-order chi connectivity index (χ1) is 12.3. The van der Waals surface area contributed by atoms with Crippen LogP contribution in [0.5, 0.6) is 0 Å². The first-order valence-corrected chi connectivity index (χ1v) is 9.03. The molecule has 1 aliphatic carbocycles. The number of aromatic nitrogens is 2. The second kappa shape index (κ2) is 6.84. The van der Waals surface area contributed by atoms with Crippen LogP contribution < -0.4 is 0 Å². The van der Waals surface area contributed by atoms with Crippen LogP contribution in [0.3, 0.4) is 0 Å². The van der Waals surface area contributed by atoms with Gasteiger partial charge in [-0.25, -0.2) is 4.98 Å². The zero-order valence-electron chi connectivity index (χ0n) is 14.3. The Morgan fingerprint density at radius 2 is 2.08 bits per heavy atom. The van der Waals surface area contributed by atoms with Crippen LogP contribution in [0.2, 0.25) is 0 Å². The SMILES string of the molecule is O=C(c1cnc2c(ccn2C2=CCCC(CO)=C2)c1)N1CCCCC1. The molecule has 2 aromatic rings. The zero-order valence-corrected chi connectivity index (χ0v) is 14.3. The van der Waals surface area contributed by atoms with Crippen molar-refractivity contribution >= 4 is 22.6 Å². The van der Waals surface area contributed by atoms with Crippen molar-refractivity contribution in [3.8, 4) is 0 Å². The van der Waals surface area contributed by atoms with E-state index in [4.69, 9.17) is 0 Å². The predicted octanol–water partition coefficient (Wildman–Crippen LogP) is 3.22. The van der Waals surface area contributed by atoms with Gasteiger partial charge in [0.2, 0.25) is 0 Å². The number of hydrogen-bond acceptors (Lipinski definition) is 3. The van der Waals surface area contributed by atoms with Gasteiger partial charge < -0.3 is 14.6 Å². The Bertz CT molecular complexity index is 857. The van der Waals surface area contributed by atoms with Gasteiger partial charge in [0, 0.05) is 36.6 Å². The molecular formula is C20H23N3O2. The summed E-state index contributed by atoms with van der Waals surface area (Å²) >= 11 is 0. The third kappa shape index (κ3) is 3.12.